The minimum atomic E-state index is -5.08. The van der Waals surface area contributed by atoms with Gasteiger partial charge in [0.2, 0.25) is 5.91 Å². The zero-order valence-electron chi connectivity index (χ0n) is 16.0. The molecule has 2 heterocycles. The first-order valence-electron chi connectivity index (χ1n) is 8.55. The van der Waals surface area contributed by atoms with Crippen LogP contribution >= 0.6 is 11.8 Å². The summed E-state index contributed by atoms with van der Waals surface area (Å²) in [5, 5.41) is 38.3. The first kappa shape index (κ1) is 25.3. The third kappa shape index (κ3) is 5.85. The van der Waals surface area contributed by atoms with Gasteiger partial charge in [-0.25, -0.2) is 9.59 Å². The van der Waals surface area contributed by atoms with Crippen molar-refractivity contribution in [2.75, 3.05) is 5.75 Å². The molecular weight excluding hydrogens is 479 g/mol. The average molecular weight is 491 g/mol. The van der Waals surface area contributed by atoms with E-state index in [-0.39, 0.29) is 29.0 Å². The van der Waals surface area contributed by atoms with Crippen LogP contribution in [0.3, 0.4) is 0 Å². The number of nitrogens with zero attached hydrogens (tertiary/aromatic N) is 3. The van der Waals surface area contributed by atoms with Crippen LogP contribution in [0.1, 0.15) is 12.0 Å². The Morgan fingerprint density at radius 3 is 2.21 bits per heavy atom. The quantitative estimate of drug-likeness (QED) is 0.353. The standard InChI is InChI=1S/C15H11N3O7S.C2HF3O2/c19-12-6-13-16(12)14(15(20)21)9(7-26-13)2-1-8-3-4-10(17(22)23)5-11(8)18(24)25;3-2(4,5)1(6)7/h1-5,13H,6-7H2,(H,20,21);(H,6,7)/t13-;/m1./s1. The number of nitro benzene ring substituents is 2. The first-order valence-corrected chi connectivity index (χ1v) is 9.60. The number of carbonyl (C=O) groups excluding carboxylic acids is 1. The Morgan fingerprint density at radius 2 is 1.76 bits per heavy atom. The first-order chi connectivity index (χ1) is 15.2. The third-order valence-electron chi connectivity index (χ3n) is 4.21. The predicted octanol–water partition coefficient (Wildman–Crippen LogP) is 2.79. The van der Waals surface area contributed by atoms with Gasteiger partial charge < -0.3 is 10.2 Å². The van der Waals surface area contributed by atoms with E-state index in [9.17, 15) is 48.1 Å². The van der Waals surface area contributed by atoms with E-state index in [1.165, 1.54) is 34.9 Å². The lowest BCUT2D eigenvalue weighted by Gasteiger charge is -2.43. The van der Waals surface area contributed by atoms with Crippen LogP contribution < -0.4 is 0 Å². The molecule has 0 radical (unpaired) electrons. The number of thioether (sulfide) groups is 1. The average Bonchev–Trinajstić information content (AvgIpc) is 2.70. The molecule has 0 spiro atoms. The van der Waals surface area contributed by atoms with Gasteiger partial charge in [0.05, 0.1) is 33.3 Å². The van der Waals surface area contributed by atoms with Crippen molar-refractivity contribution in [3.8, 4) is 0 Å². The van der Waals surface area contributed by atoms with Gasteiger partial charge in [-0.05, 0) is 17.7 Å². The molecule has 1 fully saturated rings. The van der Waals surface area contributed by atoms with E-state index < -0.39 is 39.3 Å². The summed E-state index contributed by atoms with van der Waals surface area (Å²) in [5.74, 6) is -3.95. The zero-order valence-corrected chi connectivity index (χ0v) is 16.8. The number of carboxylic acid groups (broad SMARTS) is 2. The van der Waals surface area contributed by atoms with Crippen molar-refractivity contribution in [2.45, 2.75) is 18.0 Å². The molecule has 3 rings (SSSR count). The molecule has 0 aromatic heterocycles. The number of hydrogen-bond acceptors (Lipinski definition) is 8. The number of allylic oxidation sites excluding steroid dienone is 1. The van der Waals surface area contributed by atoms with Gasteiger partial charge in [-0.15, -0.1) is 11.8 Å². The smallest absolute Gasteiger partial charge is 0.477 e. The SMILES string of the molecule is O=C(O)C(F)(F)F.O=C(O)C1=C(C=Cc2ccc([N+](=O)[O-])cc2[N+](=O)[O-])CS[C@@H]2CC(=O)N12. The number of hydrogen-bond donors (Lipinski definition) is 2. The van der Waals surface area contributed by atoms with Gasteiger partial charge in [0.15, 0.2) is 0 Å². The highest BCUT2D eigenvalue weighted by Crippen LogP contribution is 2.40. The Labute approximate surface area is 185 Å². The van der Waals surface area contributed by atoms with Crippen LogP contribution in [0, 0.1) is 20.2 Å². The molecule has 1 aromatic rings. The Hall–Kier alpha value is -3.95. The number of alkyl halides is 3. The Balaban J connectivity index is 0.000000479. The molecule has 176 valence electrons. The minimum absolute atomic E-state index is 0.0971. The fourth-order valence-electron chi connectivity index (χ4n) is 2.70. The van der Waals surface area contributed by atoms with Crippen LogP contribution in [0.5, 0.6) is 0 Å². The molecule has 33 heavy (non-hydrogen) atoms. The summed E-state index contributed by atoms with van der Waals surface area (Å²) in [5.41, 5.74) is -0.569. The van der Waals surface area contributed by atoms with E-state index in [1.807, 2.05) is 0 Å². The number of carbonyl (C=O) groups is 3. The van der Waals surface area contributed by atoms with Gasteiger partial charge in [0.1, 0.15) is 5.70 Å². The van der Waals surface area contributed by atoms with Crippen LogP contribution in [0.25, 0.3) is 6.08 Å². The molecule has 12 nitrogen and oxygen atoms in total. The van der Waals surface area contributed by atoms with Crippen molar-refractivity contribution in [3.63, 3.8) is 0 Å². The number of carboxylic acids is 2. The van der Waals surface area contributed by atoms with Gasteiger partial charge in [0.25, 0.3) is 11.4 Å². The number of non-ortho nitro benzene ring substituents is 1. The number of benzene rings is 1. The van der Waals surface area contributed by atoms with Crippen LogP contribution in [-0.4, -0.2) is 60.1 Å². The topological polar surface area (TPSA) is 181 Å². The number of amides is 1. The van der Waals surface area contributed by atoms with E-state index in [4.69, 9.17) is 9.90 Å². The van der Waals surface area contributed by atoms with Crippen LogP contribution in [0.2, 0.25) is 0 Å². The van der Waals surface area contributed by atoms with E-state index >= 15 is 0 Å². The van der Waals surface area contributed by atoms with Crippen LogP contribution in [-0.2, 0) is 14.4 Å². The normalized spacial score (nSPS) is 17.6. The van der Waals surface area contributed by atoms with Crippen LogP contribution in [0.4, 0.5) is 24.5 Å². The molecule has 1 aromatic carbocycles. The number of β-lactam (4-membered cyclic amide) rings is 1. The summed E-state index contributed by atoms with van der Waals surface area (Å²) in [4.78, 5) is 53.8. The largest absolute Gasteiger partial charge is 0.490 e. The summed E-state index contributed by atoms with van der Waals surface area (Å²) in [6, 6.07) is 3.20. The fourth-order valence-corrected chi connectivity index (χ4v) is 3.94. The molecule has 16 heteroatoms. The highest BCUT2D eigenvalue weighted by atomic mass is 32.2. The maximum Gasteiger partial charge on any atom is 0.490 e. The molecule has 0 bridgehead atoms. The van der Waals surface area contributed by atoms with E-state index in [2.05, 4.69) is 0 Å². The fraction of sp³-hybridized carbons (Fsp3) is 0.235. The third-order valence-corrected chi connectivity index (χ3v) is 5.45. The summed E-state index contributed by atoms with van der Waals surface area (Å²) in [7, 11) is 0. The minimum Gasteiger partial charge on any atom is -0.477 e. The molecule has 2 N–H and O–H groups in total. The van der Waals surface area contributed by atoms with Gasteiger partial charge in [-0.2, -0.15) is 13.2 Å². The lowest BCUT2D eigenvalue weighted by molar-refractivity contribution is -0.394. The maximum atomic E-state index is 11.7. The summed E-state index contributed by atoms with van der Waals surface area (Å²) < 4.78 is 31.7. The molecule has 0 unspecified atom stereocenters. The zero-order chi connectivity index (χ0) is 25.1. The summed E-state index contributed by atoms with van der Waals surface area (Å²) in [6.45, 7) is 0. The highest BCUT2D eigenvalue weighted by molar-refractivity contribution is 8.00. The molecule has 2 aliphatic heterocycles. The van der Waals surface area contributed by atoms with Gasteiger partial charge in [-0.3, -0.25) is 29.9 Å². The van der Waals surface area contributed by atoms with Crippen molar-refractivity contribution in [1.82, 2.24) is 4.90 Å². The maximum absolute atomic E-state index is 11.7. The molecule has 0 saturated carbocycles. The lowest BCUT2D eigenvalue weighted by Crippen LogP contribution is -2.53. The Morgan fingerprint density at radius 1 is 1.15 bits per heavy atom. The second-order valence-electron chi connectivity index (χ2n) is 6.31. The van der Waals surface area contributed by atoms with Crippen molar-refractivity contribution in [2.24, 2.45) is 0 Å². The summed E-state index contributed by atoms with van der Waals surface area (Å²) in [6.07, 6.45) is -2.08. The van der Waals surface area contributed by atoms with Crippen molar-refractivity contribution in [1.29, 1.82) is 0 Å². The van der Waals surface area contributed by atoms with Crippen molar-refractivity contribution < 1.29 is 47.6 Å². The number of halogens is 3. The molecule has 1 amide bonds. The lowest BCUT2D eigenvalue weighted by atomic mass is 10.1. The number of fused-ring (bicyclic) bond motifs is 1. The Bertz CT molecular complexity index is 1100. The highest BCUT2D eigenvalue weighted by Gasteiger charge is 2.44. The number of nitro groups is 2. The molecular formula is C17H12F3N3O9S. The van der Waals surface area contributed by atoms with Crippen molar-refractivity contribution >= 4 is 47.1 Å². The van der Waals surface area contributed by atoms with E-state index in [0.717, 1.165) is 12.1 Å². The predicted molar refractivity (Wildman–Crippen MR) is 105 cm³/mol. The second-order valence-corrected chi connectivity index (χ2v) is 7.47. The van der Waals surface area contributed by atoms with Gasteiger partial charge in [0, 0.05) is 11.8 Å². The number of rotatable bonds is 5. The van der Waals surface area contributed by atoms with Crippen molar-refractivity contribution in [3.05, 3.63) is 61.3 Å². The molecule has 1 atom stereocenters. The number of aliphatic carboxylic acids is 2. The summed E-state index contributed by atoms with van der Waals surface area (Å²) >= 11 is 1.41. The second kappa shape index (κ2) is 9.68. The monoisotopic (exact) mass is 491 g/mol. The van der Waals surface area contributed by atoms with E-state index in [1.54, 1.807) is 0 Å². The van der Waals surface area contributed by atoms with Gasteiger partial charge >= 0.3 is 18.1 Å². The molecule has 1 saturated heterocycles. The molecule has 0 aliphatic carbocycles. The van der Waals surface area contributed by atoms with Gasteiger partial charge in [-0.1, -0.05) is 6.08 Å². The van der Waals surface area contributed by atoms with Crippen LogP contribution in [0.15, 0.2) is 35.5 Å². The molecule has 2 aliphatic rings. The Kier molecular flexibility index (Phi) is 7.42. The van der Waals surface area contributed by atoms with E-state index in [0.29, 0.717) is 11.3 Å².